The molecular formula is C32H30ClN5O4. The molecule has 1 saturated heterocycles. The first-order chi connectivity index (χ1) is 20.5. The van der Waals surface area contributed by atoms with Crippen molar-refractivity contribution < 1.29 is 19.1 Å². The van der Waals surface area contributed by atoms with Crippen LogP contribution in [0.1, 0.15) is 22.3 Å². The van der Waals surface area contributed by atoms with E-state index in [9.17, 15) is 9.59 Å². The maximum atomic E-state index is 13.6. The maximum absolute atomic E-state index is 13.6. The highest BCUT2D eigenvalue weighted by molar-refractivity contribution is 6.30. The highest BCUT2D eigenvalue weighted by Gasteiger charge is 2.26. The number of anilines is 1. The van der Waals surface area contributed by atoms with Crippen LogP contribution in [0.2, 0.25) is 5.02 Å². The molecule has 2 aliphatic heterocycles. The van der Waals surface area contributed by atoms with Gasteiger partial charge in [-0.2, -0.15) is 0 Å². The second-order valence-electron chi connectivity index (χ2n) is 10.2. The Morgan fingerprint density at radius 2 is 1.64 bits per heavy atom. The SMILES string of the molecule is O=C(CN(Cc1ccc2c(c1)OCO2)C(=O)c1ccc(Cl)cc1)N1CCCN(c2ccc(-c3ccccc3)nn2)CC1. The number of fused-ring (bicyclic) bond motifs is 1. The van der Waals surface area contributed by atoms with Crippen LogP contribution in [0.4, 0.5) is 5.82 Å². The summed E-state index contributed by atoms with van der Waals surface area (Å²) in [5.41, 5.74) is 3.14. The zero-order chi connectivity index (χ0) is 28.9. The average Bonchev–Trinajstić information content (AvgIpc) is 3.35. The van der Waals surface area contributed by atoms with Gasteiger partial charge in [0.05, 0.1) is 5.69 Å². The number of carbonyl (C=O) groups is 2. The van der Waals surface area contributed by atoms with Crippen molar-refractivity contribution in [1.29, 1.82) is 0 Å². The van der Waals surface area contributed by atoms with E-state index >= 15 is 0 Å². The molecule has 0 atom stereocenters. The molecule has 1 fully saturated rings. The third-order valence-corrected chi connectivity index (χ3v) is 7.66. The predicted octanol–water partition coefficient (Wildman–Crippen LogP) is 4.91. The van der Waals surface area contributed by atoms with E-state index in [1.54, 1.807) is 29.2 Å². The molecule has 214 valence electrons. The van der Waals surface area contributed by atoms with Gasteiger partial charge in [0.1, 0.15) is 6.54 Å². The minimum atomic E-state index is -0.247. The number of nitrogens with zero attached hydrogens (tertiary/aromatic N) is 5. The normalized spacial score (nSPS) is 14.4. The Hall–Kier alpha value is -4.63. The number of hydrogen-bond acceptors (Lipinski definition) is 7. The molecule has 0 spiro atoms. The van der Waals surface area contributed by atoms with Crippen LogP contribution in [0.5, 0.6) is 11.5 Å². The second-order valence-corrected chi connectivity index (χ2v) is 10.7. The van der Waals surface area contributed by atoms with Gasteiger partial charge in [-0.05, 0) is 60.5 Å². The van der Waals surface area contributed by atoms with E-state index in [4.69, 9.17) is 21.1 Å². The molecule has 2 amide bonds. The monoisotopic (exact) mass is 583 g/mol. The lowest BCUT2D eigenvalue weighted by atomic mass is 10.1. The van der Waals surface area contributed by atoms with Crippen LogP contribution in [0.25, 0.3) is 11.3 Å². The highest BCUT2D eigenvalue weighted by Crippen LogP contribution is 2.33. The predicted molar refractivity (Wildman–Crippen MR) is 160 cm³/mol. The van der Waals surface area contributed by atoms with Gasteiger partial charge in [0.25, 0.3) is 5.91 Å². The molecule has 9 nitrogen and oxygen atoms in total. The standard InChI is InChI=1S/C32H30ClN5O4/c33-26-10-8-25(9-11-26)32(40)38(20-23-7-13-28-29(19-23)42-22-41-28)21-31(39)37-16-4-15-36(17-18-37)30-14-12-27(34-35-30)24-5-2-1-3-6-24/h1-3,5-14,19H,4,15-18,20-22H2. The van der Waals surface area contributed by atoms with Gasteiger partial charge < -0.3 is 24.2 Å². The number of amides is 2. The number of benzene rings is 3. The van der Waals surface area contributed by atoms with Crippen molar-refractivity contribution in [3.63, 3.8) is 0 Å². The summed E-state index contributed by atoms with van der Waals surface area (Å²) < 4.78 is 10.9. The summed E-state index contributed by atoms with van der Waals surface area (Å²) in [6.07, 6.45) is 0.779. The number of halogens is 1. The molecule has 0 N–H and O–H groups in total. The molecule has 0 bridgehead atoms. The molecule has 3 heterocycles. The van der Waals surface area contributed by atoms with Gasteiger partial charge in [0.15, 0.2) is 17.3 Å². The Kier molecular flexibility index (Phi) is 8.18. The van der Waals surface area contributed by atoms with Crippen LogP contribution in [0, 0.1) is 0 Å². The molecule has 0 aliphatic carbocycles. The largest absolute Gasteiger partial charge is 0.454 e. The van der Waals surface area contributed by atoms with Gasteiger partial charge in [-0.25, -0.2) is 0 Å². The first-order valence-electron chi connectivity index (χ1n) is 13.9. The lowest BCUT2D eigenvalue weighted by molar-refractivity contribution is -0.131. The van der Waals surface area contributed by atoms with Crippen LogP contribution < -0.4 is 14.4 Å². The third kappa shape index (κ3) is 6.31. The summed E-state index contributed by atoms with van der Waals surface area (Å²) in [6.45, 7) is 2.85. The van der Waals surface area contributed by atoms with E-state index < -0.39 is 0 Å². The van der Waals surface area contributed by atoms with Crippen molar-refractivity contribution in [1.82, 2.24) is 20.0 Å². The molecule has 0 saturated carbocycles. The molecule has 2 aliphatic rings. The lowest BCUT2D eigenvalue weighted by Crippen LogP contribution is -2.44. The molecule has 42 heavy (non-hydrogen) atoms. The maximum Gasteiger partial charge on any atom is 0.254 e. The van der Waals surface area contributed by atoms with Crippen LogP contribution in [-0.4, -0.2) is 71.3 Å². The van der Waals surface area contributed by atoms with E-state index in [-0.39, 0.29) is 31.7 Å². The molecule has 3 aromatic carbocycles. The summed E-state index contributed by atoms with van der Waals surface area (Å²) in [5.74, 6) is 1.73. The third-order valence-electron chi connectivity index (χ3n) is 7.41. The number of ether oxygens (including phenoxy) is 2. The second kappa shape index (κ2) is 12.5. The fourth-order valence-electron chi connectivity index (χ4n) is 5.15. The highest BCUT2D eigenvalue weighted by atomic mass is 35.5. The average molecular weight is 584 g/mol. The molecule has 4 aromatic rings. The first-order valence-corrected chi connectivity index (χ1v) is 14.3. The minimum Gasteiger partial charge on any atom is -0.454 e. The fraction of sp³-hybridized carbons (Fsp3) is 0.250. The van der Waals surface area contributed by atoms with Crippen molar-refractivity contribution in [2.24, 2.45) is 0 Å². The number of aromatic nitrogens is 2. The quantitative estimate of drug-likeness (QED) is 0.305. The summed E-state index contributed by atoms with van der Waals surface area (Å²) in [6, 6.07) is 26.1. The first kappa shape index (κ1) is 27.5. The molecule has 0 unspecified atom stereocenters. The topological polar surface area (TPSA) is 88.1 Å². The van der Waals surface area contributed by atoms with E-state index in [0.29, 0.717) is 41.7 Å². The Morgan fingerprint density at radius 1 is 0.833 bits per heavy atom. The zero-order valence-corrected chi connectivity index (χ0v) is 23.7. The van der Waals surface area contributed by atoms with Crippen LogP contribution in [0.3, 0.4) is 0 Å². The Bertz CT molecular complexity index is 1550. The van der Waals surface area contributed by atoms with E-state index in [0.717, 1.165) is 35.6 Å². The zero-order valence-electron chi connectivity index (χ0n) is 23.0. The molecule has 0 radical (unpaired) electrons. The van der Waals surface area contributed by atoms with Gasteiger partial charge in [-0.15, -0.1) is 10.2 Å². The molecule has 1 aromatic heterocycles. The Morgan fingerprint density at radius 3 is 2.43 bits per heavy atom. The van der Waals surface area contributed by atoms with Crippen molar-refractivity contribution in [3.05, 3.63) is 101 Å². The summed E-state index contributed by atoms with van der Waals surface area (Å²) in [4.78, 5) is 32.7. The molecule has 10 heteroatoms. The van der Waals surface area contributed by atoms with Gasteiger partial charge in [-0.3, -0.25) is 9.59 Å². The van der Waals surface area contributed by atoms with E-state index in [2.05, 4.69) is 15.1 Å². The van der Waals surface area contributed by atoms with Gasteiger partial charge in [0.2, 0.25) is 12.7 Å². The summed E-state index contributed by atoms with van der Waals surface area (Å²) in [7, 11) is 0. The number of rotatable bonds is 7. The number of hydrogen-bond donors (Lipinski definition) is 0. The summed E-state index contributed by atoms with van der Waals surface area (Å²) in [5, 5.41) is 9.43. The lowest BCUT2D eigenvalue weighted by Gasteiger charge is -2.27. The van der Waals surface area contributed by atoms with E-state index in [1.165, 1.54) is 0 Å². The van der Waals surface area contributed by atoms with E-state index in [1.807, 2.05) is 65.6 Å². The molecular weight excluding hydrogens is 554 g/mol. The van der Waals surface area contributed by atoms with Gasteiger partial charge in [0, 0.05) is 48.9 Å². The fourth-order valence-corrected chi connectivity index (χ4v) is 5.28. The minimum absolute atomic E-state index is 0.0541. The Balaban J connectivity index is 1.13. The van der Waals surface area contributed by atoms with Crippen molar-refractivity contribution in [2.45, 2.75) is 13.0 Å². The summed E-state index contributed by atoms with van der Waals surface area (Å²) >= 11 is 6.05. The Labute approximate surface area is 249 Å². The van der Waals surface area contributed by atoms with Gasteiger partial charge in [-0.1, -0.05) is 48.0 Å². The van der Waals surface area contributed by atoms with Crippen LogP contribution in [-0.2, 0) is 11.3 Å². The molecule has 6 rings (SSSR count). The van der Waals surface area contributed by atoms with Crippen LogP contribution in [0.15, 0.2) is 84.9 Å². The van der Waals surface area contributed by atoms with Gasteiger partial charge >= 0.3 is 0 Å². The van der Waals surface area contributed by atoms with Crippen molar-refractivity contribution >= 4 is 29.2 Å². The number of carbonyl (C=O) groups excluding carboxylic acids is 2. The van der Waals surface area contributed by atoms with Crippen LogP contribution >= 0.6 is 11.6 Å². The van der Waals surface area contributed by atoms with Crippen molar-refractivity contribution in [2.75, 3.05) is 44.4 Å². The van der Waals surface area contributed by atoms with Crippen molar-refractivity contribution in [3.8, 4) is 22.8 Å². The smallest absolute Gasteiger partial charge is 0.254 e.